The van der Waals surface area contributed by atoms with Gasteiger partial charge in [0, 0.05) is 17.9 Å². The summed E-state index contributed by atoms with van der Waals surface area (Å²) in [5, 5.41) is 0. The van der Waals surface area contributed by atoms with Gasteiger partial charge in [-0.3, -0.25) is 4.79 Å². The summed E-state index contributed by atoms with van der Waals surface area (Å²) < 4.78 is 0. The fraction of sp³-hybridized carbons (Fsp3) is 0.500. The highest BCUT2D eigenvalue weighted by Crippen LogP contribution is 2.34. The molecule has 28 heavy (non-hydrogen) atoms. The Kier molecular flexibility index (Phi) is 8.15. The average molecular weight is 397 g/mol. The number of rotatable bonds is 9. The summed E-state index contributed by atoms with van der Waals surface area (Å²) in [5.41, 5.74) is 4.64. The minimum atomic E-state index is 0.300. The second-order valence-corrected chi connectivity index (χ2v) is 8.75. The molecule has 1 aliphatic rings. The molecule has 0 amide bonds. The molecule has 0 unspecified atom stereocenters. The van der Waals surface area contributed by atoms with Crippen LogP contribution in [0.25, 0.3) is 11.1 Å². The van der Waals surface area contributed by atoms with Gasteiger partial charge in [0.15, 0.2) is 5.78 Å². The van der Waals surface area contributed by atoms with Crippen LogP contribution in [0.1, 0.15) is 74.2 Å². The summed E-state index contributed by atoms with van der Waals surface area (Å²) in [4.78, 5) is 12.7. The maximum absolute atomic E-state index is 12.7. The molecule has 1 fully saturated rings. The number of Topliss-reactive ketones (excluding diaryl/α,β-unsaturated/α-hetero) is 1. The second kappa shape index (κ2) is 10.8. The Bertz CT molecular complexity index is 724. The van der Waals surface area contributed by atoms with E-state index in [1.807, 2.05) is 12.1 Å². The van der Waals surface area contributed by atoms with Gasteiger partial charge in [0.2, 0.25) is 0 Å². The zero-order valence-electron chi connectivity index (χ0n) is 17.1. The van der Waals surface area contributed by atoms with Crippen LogP contribution < -0.4 is 0 Å². The van der Waals surface area contributed by atoms with Crippen LogP contribution in [-0.2, 0) is 6.42 Å². The van der Waals surface area contributed by atoms with Crippen molar-refractivity contribution in [2.45, 2.75) is 64.7 Å². The number of benzene rings is 2. The van der Waals surface area contributed by atoms with E-state index in [0.717, 1.165) is 30.2 Å². The molecule has 0 radical (unpaired) electrons. The molecule has 1 saturated carbocycles. The van der Waals surface area contributed by atoms with Crippen LogP contribution in [-0.4, -0.2) is 11.7 Å². The van der Waals surface area contributed by atoms with Gasteiger partial charge < -0.3 is 0 Å². The average Bonchev–Trinajstić information content (AvgIpc) is 2.74. The van der Waals surface area contributed by atoms with Gasteiger partial charge in [-0.25, -0.2) is 0 Å². The van der Waals surface area contributed by atoms with Crippen molar-refractivity contribution in [3.63, 3.8) is 0 Å². The van der Waals surface area contributed by atoms with Crippen molar-refractivity contribution < 1.29 is 4.79 Å². The van der Waals surface area contributed by atoms with Gasteiger partial charge in [0.1, 0.15) is 0 Å². The Morgan fingerprint density at radius 3 is 2.04 bits per heavy atom. The highest BCUT2D eigenvalue weighted by molar-refractivity contribution is 6.17. The predicted molar refractivity (Wildman–Crippen MR) is 120 cm³/mol. The summed E-state index contributed by atoms with van der Waals surface area (Å²) >= 11 is 5.81. The Balaban J connectivity index is 1.52. The first kappa shape index (κ1) is 21.1. The summed E-state index contributed by atoms with van der Waals surface area (Å²) in [7, 11) is 0. The maximum Gasteiger partial charge on any atom is 0.163 e. The number of hydrogen-bond donors (Lipinski definition) is 0. The van der Waals surface area contributed by atoms with Crippen LogP contribution in [0.15, 0.2) is 48.5 Å². The molecule has 0 saturated heterocycles. The Morgan fingerprint density at radius 2 is 1.46 bits per heavy atom. The maximum atomic E-state index is 12.7. The number of carbonyl (C=O) groups is 1. The standard InChI is InChI=1S/C26H33ClO/c1-2-4-20-10-12-23(13-11-20)24-14-16-25(17-15-24)26(28)19-22-8-6-21(7-9-22)5-3-18-27/h10-17,21-22H,2-9,18-19H2,1H3/t21-,22-. The van der Waals surface area contributed by atoms with Crippen LogP contribution in [0, 0.1) is 11.8 Å². The molecule has 0 heterocycles. The van der Waals surface area contributed by atoms with E-state index in [-0.39, 0.29) is 0 Å². The van der Waals surface area contributed by atoms with E-state index in [0.29, 0.717) is 18.1 Å². The van der Waals surface area contributed by atoms with Crippen LogP contribution in [0.2, 0.25) is 0 Å². The van der Waals surface area contributed by atoms with E-state index in [9.17, 15) is 4.79 Å². The smallest absolute Gasteiger partial charge is 0.163 e. The molecule has 0 bridgehead atoms. The fourth-order valence-corrected chi connectivity index (χ4v) is 4.63. The zero-order valence-corrected chi connectivity index (χ0v) is 17.9. The fourth-order valence-electron chi connectivity index (χ4n) is 4.47. The molecule has 0 atom stereocenters. The summed E-state index contributed by atoms with van der Waals surface area (Å²) in [6.07, 6.45) is 10.3. The van der Waals surface area contributed by atoms with Crippen molar-refractivity contribution in [1.82, 2.24) is 0 Å². The summed E-state index contributed by atoms with van der Waals surface area (Å²) in [5.74, 6) is 2.46. The molecule has 0 aliphatic heterocycles. The predicted octanol–water partition coefficient (Wildman–Crippen LogP) is 7.70. The molecular formula is C26H33ClO. The number of halogens is 1. The van der Waals surface area contributed by atoms with E-state index < -0.39 is 0 Å². The number of ketones is 1. The molecule has 0 spiro atoms. The largest absolute Gasteiger partial charge is 0.294 e. The number of alkyl halides is 1. The third-order valence-corrected chi connectivity index (χ3v) is 6.49. The summed E-state index contributed by atoms with van der Waals surface area (Å²) in [6.45, 7) is 2.21. The van der Waals surface area contributed by atoms with Gasteiger partial charge in [0.25, 0.3) is 0 Å². The second-order valence-electron chi connectivity index (χ2n) is 8.37. The highest BCUT2D eigenvalue weighted by Gasteiger charge is 2.23. The Labute approximate surface area is 175 Å². The molecule has 2 aromatic carbocycles. The lowest BCUT2D eigenvalue weighted by molar-refractivity contribution is 0.0942. The molecule has 0 N–H and O–H groups in total. The van der Waals surface area contributed by atoms with Crippen molar-refractivity contribution in [2.24, 2.45) is 11.8 Å². The van der Waals surface area contributed by atoms with Crippen molar-refractivity contribution in [1.29, 1.82) is 0 Å². The van der Waals surface area contributed by atoms with Crippen LogP contribution in [0.4, 0.5) is 0 Å². The minimum absolute atomic E-state index is 0.300. The van der Waals surface area contributed by atoms with Gasteiger partial charge in [-0.1, -0.05) is 74.7 Å². The first-order valence-corrected chi connectivity index (χ1v) is 11.5. The molecule has 1 aliphatic carbocycles. The Morgan fingerprint density at radius 1 is 0.893 bits per heavy atom. The van der Waals surface area contributed by atoms with E-state index >= 15 is 0 Å². The number of aryl methyl sites for hydroxylation is 1. The highest BCUT2D eigenvalue weighted by atomic mass is 35.5. The Hall–Kier alpha value is -1.60. The van der Waals surface area contributed by atoms with Gasteiger partial charge in [-0.15, -0.1) is 11.6 Å². The molecule has 1 nitrogen and oxygen atoms in total. The number of carbonyl (C=O) groups excluding carboxylic acids is 1. The first-order chi connectivity index (χ1) is 13.7. The molecule has 0 aromatic heterocycles. The van der Waals surface area contributed by atoms with Gasteiger partial charge in [0.05, 0.1) is 0 Å². The van der Waals surface area contributed by atoms with Crippen molar-refractivity contribution in [3.05, 3.63) is 59.7 Å². The van der Waals surface area contributed by atoms with Crippen molar-refractivity contribution in [2.75, 3.05) is 5.88 Å². The quantitative estimate of drug-likeness (QED) is 0.313. The van der Waals surface area contributed by atoms with Gasteiger partial charge in [-0.05, 0) is 60.6 Å². The van der Waals surface area contributed by atoms with E-state index in [4.69, 9.17) is 11.6 Å². The van der Waals surface area contributed by atoms with Crippen LogP contribution in [0.3, 0.4) is 0 Å². The normalized spacial score (nSPS) is 19.5. The first-order valence-electron chi connectivity index (χ1n) is 11.0. The van der Waals surface area contributed by atoms with E-state index in [1.165, 1.54) is 55.2 Å². The number of hydrogen-bond acceptors (Lipinski definition) is 1. The van der Waals surface area contributed by atoms with Crippen LogP contribution >= 0.6 is 11.6 Å². The van der Waals surface area contributed by atoms with E-state index in [1.54, 1.807) is 0 Å². The molecule has 3 rings (SSSR count). The summed E-state index contributed by atoms with van der Waals surface area (Å²) in [6, 6.07) is 17.0. The third-order valence-electron chi connectivity index (χ3n) is 6.22. The third kappa shape index (κ3) is 5.95. The zero-order chi connectivity index (χ0) is 19.8. The monoisotopic (exact) mass is 396 g/mol. The SMILES string of the molecule is CCCc1ccc(-c2ccc(C(=O)C[C@H]3CC[C@H](CCCCl)CC3)cc2)cc1. The van der Waals surface area contributed by atoms with Gasteiger partial charge >= 0.3 is 0 Å². The molecular weight excluding hydrogens is 364 g/mol. The lowest BCUT2D eigenvalue weighted by Gasteiger charge is -2.28. The van der Waals surface area contributed by atoms with Crippen molar-refractivity contribution >= 4 is 17.4 Å². The molecule has 2 heteroatoms. The lowest BCUT2D eigenvalue weighted by Crippen LogP contribution is -2.17. The van der Waals surface area contributed by atoms with Crippen LogP contribution in [0.5, 0.6) is 0 Å². The lowest BCUT2D eigenvalue weighted by atomic mass is 9.78. The molecule has 150 valence electrons. The molecule has 2 aromatic rings. The minimum Gasteiger partial charge on any atom is -0.294 e. The van der Waals surface area contributed by atoms with Crippen molar-refractivity contribution in [3.8, 4) is 11.1 Å². The van der Waals surface area contributed by atoms with Gasteiger partial charge in [-0.2, -0.15) is 0 Å². The topological polar surface area (TPSA) is 17.1 Å². The van der Waals surface area contributed by atoms with E-state index in [2.05, 4.69) is 43.3 Å².